The van der Waals surface area contributed by atoms with Crippen molar-refractivity contribution >= 4 is 22.4 Å². The fourth-order valence-electron chi connectivity index (χ4n) is 3.82. The molecular formula is C21H20N4O4. The summed E-state index contributed by atoms with van der Waals surface area (Å²) in [5, 5.41) is 18.2. The lowest BCUT2D eigenvalue weighted by Crippen LogP contribution is -2.39. The van der Waals surface area contributed by atoms with E-state index in [1.807, 2.05) is 42.5 Å². The lowest BCUT2D eigenvalue weighted by atomic mass is 9.94. The van der Waals surface area contributed by atoms with Gasteiger partial charge < -0.3 is 5.11 Å². The van der Waals surface area contributed by atoms with Gasteiger partial charge in [0.1, 0.15) is 5.56 Å². The lowest BCUT2D eigenvalue weighted by Gasteiger charge is -2.22. The highest BCUT2D eigenvalue weighted by Gasteiger charge is 2.35. The number of fused-ring (bicyclic) bond motifs is 1. The van der Waals surface area contributed by atoms with Crippen molar-refractivity contribution in [2.24, 2.45) is 19.2 Å². The van der Waals surface area contributed by atoms with Gasteiger partial charge in [0.2, 0.25) is 11.8 Å². The summed E-state index contributed by atoms with van der Waals surface area (Å²) in [4.78, 5) is 37.0. The van der Waals surface area contributed by atoms with Crippen LogP contribution in [0.1, 0.15) is 30.5 Å². The van der Waals surface area contributed by atoms with Gasteiger partial charge in [0.25, 0.3) is 5.56 Å². The average Bonchev–Trinajstić information content (AvgIpc) is 3.15. The van der Waals surface area contributed by atoms with Gasteiger partial charge in [0.05, 0.1) is 11.8 Å². The van der Waals surface area contributed by atoms with Crippen molar-refractivity contribution in [3.8, 4) is 5.88 Å². The van der Waals surface area contributed by atoms with E-state index in [2.05, 4.69) is 5.10 Å². The second-order valence-electron chi connectivity index (χ2n) is 7.10. The molecule has 1 N–H and O–H groups in total. The van der Waals surface area contributed by atoms with Crippen LogP contribution in [0.25, 0.3) is 10.8 Å². The monoisotopic (exact) mass is 392 g/mol. The first-order chi connectivity index (χ1) is 13.8. The molecule has 0 fully saturated rings. The maximum atomic E-state index is 12.7. The molecule has 1 aliphatic heterocycles. The third kappa shape index (κ3) is 2.84. The third-order valence-electron chi connectivity index (χ3n) is 5.34. The summed E-state index contributed by atoms with van der Waals surface area (Å²) in [7, 11) is 2.72. The van der Waals surface area contributed by atoms with Gasteiger partial charge in [-0.1, -0.05) is 42.5 Å². The van der Waals surface area contributed by atoms with Crippen molar-refractivity contribution in [2.45, 2.75) is 19.4 Å². The first-order valence-corrected chi connectivity index (χ1v) is 9.15. The zero-order valence-corrected chi connectivity index (χ0v) is 16.3. The Morgan fingerprint density at radius 1 is 1.07 bits per heavy atom. The van der Waals surface area contributed by atoms with Crippen LogP contribution in [0.5, 0.6) is 5.88 Å². The van der Waals surface area contributed by atoms with E-state index < -0.39 is 23.2 Å². The molecule has 4 rings (SSSR count). The van der Waals surface area contributed by atoms with Gasteiger partial charge in [0.15, 0.2) is 0 Å². The van der Waals surface area contributed by atoms with Gasteiger partial charge in [-0.25, -0.2) is 9.80 Å². The van der Waals surface area contributed by atoms with Crippen molar-refractivity contribution < 1.29 is 9.90 Å². The highest BCUT2D eigenvalue weighted by atomic mass is 16.3. The number of hydrogen-bond donors (Lipinski definition) is 1. The number of carbonyl (C=O) groups excluding carboxylic acids is 1. The Hall–Kier alpha value is -3.68. The minimum Gasteiger partial charge on any atom is -0.494 e. The highest BCUT2D eigenvalue weighted by molar-refractivity contribution is 6.05. The van der Waals surface area contributed by atoms with Crippen LogP contribution in [0.15, 0.2) is 57.2 Å². The van der Waals surface area contributed by atoms with Crippen LogP contribution in [0.4, 0.5) is 0 Å². The highest BCUT2D eigenvalue weighted by Crippen LogP contribution is 2.36. The molecule has 1 unspecified atom stereocenters. The van der Waals surface area contributed by atoms with Gasteiger partial charge in [0, 0.05) is 27.4 Å². The number of rotatable bonds is 2. The number of aromatic hydroxyl groups is 1. The average molecular weight is 392 g/mol. The van der Waals surface area contributed by atoms with E-state index in [0.717, 1.165) is 25.5 Å². The van der Waals surface area contributed by atoms with Gasteiger partial charge in [-0.15, -0.1) is 0 Å². The van der Waals surface area contributed by atoms with Crippen LogP contribution in [0.2, 0.25) is 0 Å². The Bertz CT molecular complexity index is 1300. The number of aromatic nitrogens is 2. The Labute approximate surface area is 165 Å². The van der Waals surface area contributed by atoms with Crippen LogP contribution >= 0.6 is 0 Å². The molecule has 0 bridgehead atoms. The smallest absolute Gasteiger partial charge is 0.333 e. The number of hydrogen-bond acceptors (Lipinski definition) is 5. The zero-order valence-electron chi connectivity index (χ0n) is 16.3. The molecule has 0 saturated carbocycles. The Balaban J connectivity index is 1.89. The molecule has 1 amide bonds. The minimum atomic E-state index is -0.647. The number of nitrogens with zero attached hydrogens (tertiary/aromatic N) is 4. The Morgan fingerprint density at radius 3 is 2.48 bits per heavy atom. The molecule has 1 aliphatic rings. The topological polar surface area (TPSA) is 96.9 Å². The molecule has 1 atom stereocenters. The lowest BCUT2D eigenvalue weighted by molar-refractivity contribution is -0.130. The number of benzene rings is 2. The molecule has 1 aromatic heterocycles. The molecule has 0 aliphatic carbocycles. The van der Waals surface area contributed by atoms with Crippen LogP contribution in [-0.4, -0.2) is 30.9 Å². The fraction of sp³-hybridized carbons (Fsp3) is 0.238. The summed E-state index contributed by atoms with van der Waals surface area (Å²) in [5.41, 5.74) is -0.177. The van der Waals surface area contributed by atoms with Crippen LogP contribution in [-0.2, 0) is 18.9 Å². The van der Waals surface area contributed by atoms with Gasteiger partial charge >= 0.3 is 5.69 Å². The van der Waals surface area contributed by atoms with Gasteiger partial charge in [-0.05, 0) is 16.3 Å². The Kier molecular flexibility index (Phi) is 4.34. The summed E-state index contributed by atoms with van der Waals surface area (Å²) in [6.07, 6.45) is 0.245. The van der Waals surface area contributed by atoms with Crippen molar-refractivity contribution in [2.75, 3.05) is 0 Å². The van der Waals surface area contributed by atoms with Crippen molar-refractivity contribution in [3.05, 3.63) is 74.4 Å². The number of carbonyl (C=O) groups is 1. The summed E-state index contributed by atoms with van der Waals surface area (Å²) in [6, 6.07) is 13.2. The van der Waals surface area contributed by atoms with Crippen molar-refractivity contribution in [1.29, 1.82) is 0 Å². The molecule has 0 saturated heterocycles. The van der Waals surface area contributed by atoms with Crippen LogP contribution in [0.3, 0.4) is 0 Å². The molecule has 8 nitrogen and oxygen atoms in total. The SMILES string of the molecule is CC(=O)N1N=C(c2c(O)n(C)c(=O)n(C)c2=O)CC1c1cccc2ccccc12. The second kappa shape index (κ2) is 6.73. The summed E-state index contributed by atoms with van der Waals surface area (Å²) < 4.78 is 1.91. The molecule has 8 heteroatoms. The van der Waals surface area contributed by atoms with E-state index in [1.165, 1.54) is 26.0 Å². The maximum Gasteiger partial charge on any atom is 0.333 e. The minimum absolute atomic E-state index is 0.0661. The van der Waals surface area contributed by atoms with Crippen molar-refractivity contribution in [1.82, 2.24) is 14.1 Å². The van der Waals surface area contributed by atoms with Gasteiger partial charge in [-0.3, -0.25) is 18.7 Å². The second-order valence-corrected chi connectivity index (χ2v) is 7.10. The Morgan fingerprint density at radius 2 is 1.76 bits per heavy atom. The molecule has 3 aromatic rings. The molecule has 2 aromatic carbocycles. The molecular weight excluding hydrogens is 372 g/mol. The van der Waals surface area contributed by atoms with Crippen LogP contribution < -0.4 is 11.2 Å². The van der Waals surface area contributed by atoms with Crippen molar-refractivity contribution in [3.63, 3.8) is 0 Å². The van der Waals surface area contributed by atoms with Gasteiger partial charge in [-0.2, -0.15) is 5.10 Å². The normalized spacial score (nSPS) is 16.3. The van der Waals surface area contributed by atoms with Crippen LogP contribution in [0, 0.1) is 0 Å². The zero-order chi connectivity index (χ0) is 20.9. The first-order valence-electron chi connectivity index (χ1n) is 9.15. The molecule has 0 spiro atoms. The van der Waals surface area contributed by atoms with E-state index in [9.17, 15) is 19.5 Å². The van der Waals surface area contributed by atoms with E-state index in [0.29, 0.717) is 0 Å². The maximum absolute atomic E-state index is 12.7. The largest absolute Gasteiger partial charge is 0.494 e. The predicted molar refractivity (Wildman–Crippen MR) is 109 cm³/mol. The molecule has 29 heavy (non-hydrogen) atoms. The fourth-order valence-corrected chi connectivity index (χ4v) is 3.82. The summed E-state index contributed by atoms with van der Waals surface area (Å²) in [5.74, 6) is -0.738. The predicted octanol–water partition coefficient (Wildman–Crippen LogP) is 1.64. The molecule has 0 radical (unpaired) electrons. The standard InChI is InChI=1S/C21H20N4O4/c1-12(26)25-17(15-10-6-8-13-7-4-5-9-14(13)15)11-16(22-25)18-19(27)23(2)21(29)24(3)20(18)28/h4-10,17,27H,11H2,1-3H3. The molecule has 148 valence electrons. The summed E-state index contributed by atoms with van der Waals surface area (Å²) in [6.45, 7) is 1.41. The number of hydrazone groups is 1. The molecule has 2 heterocycles. The van der Waals surface area contributed by atoms with E-state index in [4.69, 9.17) is 0 Å². The van der Waals surface area contributed by atoms with E-state index in [-0.39, 0.29) is 23.6 Å². The van der Waals surface area contributed by atoms with E-state index >= 15 is 0 Å². The summed E-state index contributed by atoms with van der Waals surface area (Å²) >= 11 is 0. The quantitative estimate of drug-likeness (QED) is 0.717. The van der Waals surface area contributed by atoms with E-state index in [1.54, 1.807) is 0 Å². The third-order valence-corrected chi connectivity index (χ3v) is 5.34. The first kappa shape index (κ1) is 18.7. The number of amides is 1.